The second-order valence-corrected chi connectivity index (χ2v) is 9.04. The molecule has 3 aliphatic rings. The summed E-state index contributed by atoms with van der Waals surface area (Å²) in [5.41, 5.74) is 2.80. The summed E-state index contributed by atoms with van der Waals surface area (Å²) in [4.78, 5) is 16.7. The predicted octanol–water partition coefficient (Wildman–Crippen LogP) is 4.61. The highest BCUT2D eigenvalue weighted by Crippen LogP contribution is 2.47. The lowest BCUT2D eigenvalue weighted by Gasteiger charge is -2.47. The largest absolute Gasteiger partial charge is 0.469 e. The van der Waals surface area contributed by atoms with Crippen LogP contribution >= 0.6 is 0 Å². The van der Waals surface area contributed by atoms with Crippen LogP contribution in [0.3, 0.4) is 0 Å². The van der Waals surface area contributed by atoms with E-state index in [1.54, 1.807) is 24.7 Å². The highest BCUT2D eigenvalue weighted by Gasteiger charge is 2.48. The minimum absolute atomic E-state index is 0.181. The minimum Gasteiger partial charge on any atom is -0.469 e. The van der Waals surface area contributed by atoms with E-state index in [2.05, 4.69) is 15.4 Å². The minimum atomic E-state index is -0.455. The van der Waals surface area contributed by atoms with Gasteiger partial charge in [0.2, 0.25) is 0 Å². The molecule has 0 saturated heterocycles. The van der Waals surface area contributed by atoms with Gasteiger partial charge >= 0.3 is 5.97 Å². The number of benzene rings is 1. The van der Waals surface area contributed by atoms with E-state index in [0.29, 0.717) is 39.5 Å². The zero-order valence-corrected chi connectivity index (χ0v) is 18.4. The van der Waals surface area contributed by atoms with Crippen LogP contribution in [0.15, 0.2) is 24.4 Å². The van der Waals surface area contributed by atoms with Crippen LogP contribution in [0.1, 0.15) is 31.2 Å². The van der Waals surface area contributed by atoms with Crippen molar-refractivity contribution in [3.8, 4) is 11.3 Å². The summed E-state index contributed by atoms with van der Waals surface area (Å²) >= 11 is 0. The number of fused-ring (bicyclic) bond motifs is 4. The molecule has 0 aliphatic heterocycles. The Bertz CT molecular complexity index is 1200. The Kier molecular flexibility index (Phi) is 5.10. The molecule has 0 amide bonds. The second-order valence-electron chi connectivity index (χ2n) is 9.04. The molecule has 6 nitrogen and oxygen atoms in total. The van der Waals surface area contributed by atoms with Crippen LogP contribution in [0, 0.1) is 36.3 Å². The fraction of sp³-hybridized carbons (Fsp3) is 0.458. The number of hydrogen-bond donors (Lipinski definition) is 1. The van der Waals surface area contributed by atoms with E-state index in [1.807, 2.05) is 0 Å². The molecule has 2 heterocycles. The predicted molar refractivity (Wildman–Crippen MR) is 117 cm³/mol. The van der Waals surface area contributed by atoms with Crippen LogP contribution in [0.4, 0.5) is 14.5 Å². The molecule has 1 aromatic carbocycles. The van der Waals surface area contributed by atoms with Crippen LogP contribution in [-0.4, -0.2) is 33.9 Å². The van der Waals surface area contributed by atoms with Gasteiger partial charge in [0.15, 0.2) is 5.65 Å². The number of nitrogens with zero attached hydrogens (tertiary/aromatic N) is 3. The fourth-order valence-corrected chi connectivity index (χ4v) is 5.66. The van der Waals surface area contributed by atoms with Crippen molar-refractivity contribution in [2.24, 2.45) is 24.8 Å². The number of anilines is 1. The van der Waals surface area contributed by atoms with Crippen molar-refractivity contribution in [1.82, 2.24) is 14.8 Å². The molecule has 1 N–H and O–H groups in total. The molecular formula is C24H26F2N4O2. The Hall–Kier alpha value is -3.03. The molecule has 168 valence electrons. The molecule has 8 heteroatoms. The third-order valence-corrected chi connectivity index (χ3v) is 7.23. The first kappa shape index (κ1) is 20.8. The van der Waals surface area contributed by atoms with Gasteiger partial charge in [0.25, 0.3) is 0 Å². The number of methoxy groups -OCH3 is 1. The van der Waals surface area contributed by atoms with Gasteiger partial charge < -0.3 is 10.1 Å². The van der Waals surface area contributed by atoms with Crippen LogP contribution in [0.2, 0.25) is 0 Å². The standard InChI is InChI=1S/C24H26F2N4O2/c1-12-8-18(26)19(28-21-14-6-4-13(5-7-14)20(21)24(31)32-3)10-16(12)22-17-9-15(25)11-27-23(17)30(2)29-22/h8-11,13-14,20-21,28H,4-7H2,1-3H3/t13?,14?,20-,21?/m0/s1. The second kappa shape index (κ2) is 7.83. The van der Waals surface area contributed by atoms with Crippen molar-refractivity contribution >= 4 is 22.7 Å². The van der Waals surface area contributed by atoms with Gasteiger partial charge in [-0.1, -0.05) is 0 Å². The summed E-state index contributed by atoms with van der Waals surface area (Å²) in [6.45, 7) is 1.80. The number of carbonyl (C=O) groups excluding carboxylic acids is 1. The summed E-state index contributed by atoms with van der Waals surface area (Å²) < 4.78 is 35.7. The van der Waals surface area contributed by atoms with Crippen LogP contribution < -0.4 is 5.32 Å². The first-order chi connectivity index (χ1) is 15.4. The Morgan fingerprint density at radius 2 is 1.88 bits per heavy atom. The number of aromatic nitrogens is 3. The molecule has 2 bridgehead atoms. The Labute approximate surface area is 185 Å². The number of halogens is 2. The number of esters is 1. The zero-order chi connectivity index (χ0) is 22.6. The van der Waals surface area contributed by atoms with Gasteiger partial charge in [0, 0.05) is 24.0 Å². The number of nitrogens with one attached hydrogen (secondary N) is 1. The lowest BCUT2D eigenvalue weighted by Crippen LogP contribution is -2.51. The van der Waals surface area contributed by atoms with Crippen molar-refractivity contribution in [1.29, 1.82) is 0 Å². The molecule has 32 heavy (non-hydrogen) atoms. The van der Waals surface area contributed by atoms with E-state index in [9.17, 15) is 9.18 Å². The quantitative estimate of drug-likeness (QED) is 0.600. The number of hydrogen-bond acceptors (Lipinski definition) is 5. The molecule has 0 radical (unpaired) electrons. The molecule has 3 saturated carbocycles. The van der Waals surface area contributed by atoms with Gasteiger partial charge in [0.05, 0.1) is 24.9 Å². The van der Waals surface area contributed by atoms with E-state index in [-0.39, 0.29) is 29.7 Å². The monoisotopic (exact) mass is 440 g/mol. The van der Waals surface area contributed by atoms with E-state index in [4.69, 9.17) is 4.74 Å². The smallest absolute Gasteiger partial charge is 0.311 e. The van der Waals surface area contributed by atoms with Gasteiger partial charge in [-0.2, -0.15) is 5.10 Å². The van der Waals surface area contributed by atoms with Crippen LogP contribution in [0.25, 0.3) is 22.3 Å². The van der Waals surface area contributed by atoms with Crippen LogP contribution in [-0.2, 0) is 16.6 Å². The van der Waals surface area contributed by atoms with Crippen molar-refractivity contribution in [2.75, 3.05) is 12.4 Å². The van der Waals surface area contributed by atoms with Crippen molar-refractivity contribution in [3.63, 3.8) is 0 Å². The Balaban J connectivity index is 1.57. The number of carbonyl (C=O) groups is 1. The summed E-state index contributed by atoms with van der Waals surface area (Å²) in [7, 11) is 3.15. The highest BCUT2D eigenvalue weighted by atomic mass is 19.1. The highest BCUT2D eigenvalue weighted by molar-refractivity contribution is 5.92. The molecule has 3 aliphatic carbocycles. The van der Waals surface area contributed by atoms with Gasteiger partial charge in [-0.05, 0) is 68.2 Å². The van der Waals surface area contributed by atoms with Gasteiger partial charge in [-0.3, -0.25) is 4.79 Å². The maximum Gasteiger partial charge on any atom is 0.311 e. The van der Waals surface area contributed by atoms with Gasteiger partial charge in [-0.25, -0.2) is 18.4 Å². The lowest BCUT2D eigenvalue weighted by molar-refractivity contribution is -0.152. The van der Waals surface area contributed by atoms with Gasteiger partial charge in [-0.15, -0.1) is 0 Å². The molecule has 6 rings (SSSR count). The van der Waals surface area contributed by atoms with E-state index < -0.39 is 5.82 Å². The van der Waals surface area contributed by atoms with Crippen molar-refractivity contribution in [3.05, 3.63) is 41.6 Å². The van der Waals surface area contributed by atoms with Crippen molar-refractivity contribution < 1.29 is 18.3 Å². The zero-order valence-electron chi connectivity index (χ0n) is 18.4. The summed E-state index contributed by atoms with van der Waals surface area (Å²) in [5.74, 6) is -0.814. The lowest BCUT2D eigenvalue weighted by atomic mass is 9.61. The first-order valence-electron chi connectivity index (χ1n) is 11.0. The van der Waals surface area contributed by atoms with E-state index in [0.717, 1.165) is 31.9 Å². The molecule has 2 atom stereocenters. The average molecular weight is 440 g/mol. The fourth-order valence-electron chi connectivity index (χ4n) is 5.66. The number of aryl methyl sites for hydroxylation is 2. The maximum absolute atomic E-state index is 15.1. The summed E-state index contributed by atoms with van der Waals surface area (Å²) in [6.07, 6.45) is 5.20. The summed E-state index contributed by atoms with van der Waals surface area (Å²) in [5, 5.41) is 8.45. The van der Waals surface area contributed by atoms with E-state index >= 15 is 4.39 Å². The molecule has 0 spiro atoms. The molecule has 3 aromatic rings. The topological polar surface area (TPSA) is 69.0 Å². The van der Waals surface area contributed by atoms with Crippen molar-refractivity contribution in [2.45, 2.75) is 38.6 Å². The Morgan fingerprint density at radius 1 is 1.16 bits per heavy atom. The third-order valence-electron chi connectivity index (χ3n) is 7.23. The number of rotatable bonds is 4. The SMILES string of the molecule is COC(=O)[C@H]1C2CCC(CC2)C1Nc1cc(-c2nn(C)c3ncc(F)cc23)c(C)cc1F. The van der Waals surface area contributed by atoms with Crippen LogP contribution in [0.5, 0.6) is 0 Å². The average Bonchev–Trinajstić information content (AvgIpc) is 3.11. The molecule has 2 aromatic heterocycles. The molecular weight excluding hydrogens is 414 g/mol. The molecule has 3 fully saturated rings. The van der Waals surface area contributed by atoms with E-state index in [1.165, 1.54) is 19.2 Å². The van der Waals surface area contributed by atoms with Gasteiger partial charge in [0.1, 0.15) is 17.3 Å². The maximum atomic E-state index is 15.1. The molecule has 1 unspecified atom stereocenters. The number of pyridine rings is 1. The Morgan fingerprint density at radius 3 is 2.59 bits per heavy atom. The third kappa shape index (κ3) is 3.32. The first-order valence-corrected chi connectivity index (χ1v) is 11.0. The number of ether oxygens (including phenoxy) is 1. The summed E-state index contributed by atoms with van der Waals surface area (Å²) in [6, 6.07) is 4.39. The normalized spacial score (nSPS) is 24.7.